The van der Waals surface area contributed by atoms with Crippen molar-refractivity contribution in [2.45, 2.75) is 18.6 Å². The zero-order valence-corrected chi connectivity index (χ0v) is 14.9. The van der Waals surface area contributed by atoms with Crippen molar-refractivity contribution in [1.82, 2.24) is 9.88 Å². The van der Waals surface area contributed by atoms with Crippen molar-refractivity contribution in [2.75, 3.05) is 12.4 Å². The average Bonchev–Trinajstić information content (AvgIpc) is 3.15. The molecule has 24 heavy (non-hydrogen) atoms. The van der Waals surface area contributed by atoms with Crippen molar-refractivity contribution in [1.29, 1.82) is 0 Å². The Morgan fingerprint density at radius 1 is 1.42 bits per heavy atom. The molecule has 3 rings (SSSR count). The zero-order chi connectivity index (χ0) is 17.1. The third kappa shape index (κ3) is 3.65. The highest BCUT2D eigenvalue weighted by Gasteiger charge is 2.37. The van der Waals surface area contributed by atoms with Gasteiger partial charge in [0.15, 0.2) is 5.17 Å². The maximum absolute atomic E-state index is 12.3. The van der Waals surface area contributed by atoms with Crippen molar-refractivity contribution in [3.63, 3.8) is 0 Å². The van der Waals surface area contributed by atoms with E-state index in [0.717, 1.165) is 11.3 Å². The van der Waals surface area contributed by atoms with E-state index in [4.69, 9.17) is 0 Å². The standard InChI is InChI=1S/C16H16N4O2S2/c1-10-5-3-4-6-11(10)18-13(21)9-12-14(22)20(2)16(24-12)19-15-17-7-8-23-15/h3-8,12H,9H2,1-2H3,(H,18,21)/t12-/m0/s1. The third-order valence-electron chi connectivity index (χ3n) is 3.54. The second-order valence-corrected chi connectivity index (χ2v) is 7.32. The topological polar surface area (TPSA) is 74.7 Å². The lowest BCUT2D eigenvalue weighted by Gasteiger charge is -2.10. The molecule has 124 valence electrons. The summed E-state index contributed by atoms with van der Waals surface area (Å²) >= 11 is 2.70. The van der Waals surface area contributed by atoms with Gasteiger partial charge in [0, 0.05) is 30.7 Å². The second-order valence-electron chi connectivity index (χ2n) is 5.28. The van der Waals surface area contributed by atoms with E-state index in [2.05, 4.69) is 15.3 Å². The summed E-state index contributed by atoms with van der Waals surface area (Å²) in [6.45, 7) is 1.93. The Balaban J connectivity index is 1.66. The molecule has 0 bridgehead atoms. The van der Waals surface area contributed by atoms with Gasteiger partial charge in [-0.2, -0.15) is 4.99 Å². The Morgan fingerprint density at radius 2 is 2.21 bits per heavy atom. The number of nitrogens with zero attached hydrogens (tertiary/aromatic N) is 3. The lowest BCUT2D eigenvalue weighted by Crippen LogP contribution is -2.30. The zero-order valence-electron chi connectivity index (χ0n) is 13.2. The van der Waals surface area contributed by atoms with Crippen LogP contribution < -0.4 is 5.32 Å². The van der Waals surface area contributed by atoms with Crippen molar-refractivity contribution >= 4 is 50.9 Å². The van der Waals surface area contributed by atoms with Gasteiger partial charge in [0.2, 0.25) is 16.9 Å². The molecule has 0 unspecified atom stereocenters. The summed E-state index contributed by atoms with van der Waals surface area (Å²) in [5.41, 5.74) is 1.75. The predicted molar refractivity (Wildman–Crippen MR) is 97.8 cm³/mol. The van der Waals surface area contributed by atoms with Crippen LogP contribution in [0.5, 0.6) is 0 Å². The van der Waals surface area contributed by atoms with Gasteiger partial charge in [-0.3, -0.25) is 14.5 Å². The van der Waals surface area contributed by atoms with Gasteiger partial charge in [0.25, 0.3) is 0 Å². The highest BCUT2D eigenvalue weighted by Crippen LogP contribution is 2.31. The van der Waals surface area contributed by atoms with E-state index in [1.807, 2.05) is 36.6 Å². The first-order valence-electron chi connectivity index (χ1n) is 7.32. The van der Waals surface area contributed by atoms with Crippen LogP contribution >= 0.6 is 23.1 Å². The highest BCUT2D eigenvalue weighted by molar-refractivity contribution is 8.15. The van der Waals surface area contributed by atoms with E-state index in [1.54, 1.807) is 13.2 Å². The van der Waals surface area contributed by atoms with Crippen LogP contribution in [0.15, 0.2) is 40.8 Å². The summed E-state index contributed by atoms with van der Waals surface area (Å²) in [6.07, 6.45) is 1.78. The molecule has 8 heteroatoms. The molecule has 0 radical (unpaired) electrons. The minimum absolute atomic E-state index is 0.110. The first kappa shape index (κ1) is 16.7. The van der Waals surface area contributed by atoms with Crippen LogP contribution in [-0.2, 0) is 9.59 Å². The van der Waals surface area contributed by atoms with Crippen LogP contribution in [0.25, 0.3) is 0 Å². The molecule has 0 aliphatic carbocycles. The van der Waals surface area contributed by atoms with Gasteiger partial charge in [-0.15, -0.1) is 11.3 Å². The van der Waals surface area contributed by atoms with Gasteiger partial charge >= 0.3 is 0 Å². The lowest BCUT2D eigenvalue weighted by atomic mass is 10.2. The first-order valence-corrected chi connectivity index (χ1v) is 9.08. The number of carbonyl (C=O) groups is 2. The van der Waals surface area contributed by atoms with Gasteiger partial charge in [-0.25, -0.2) is 4.98 Å². The number of rotatable bonds is 4. The van der Waals surface area contributed by atoms with E-state index in [-0.39, 0.29) is 18.2 Å². The molecular weight excluding hydrogens is 344 g/mol. The van der Waals surface area contributed by atoms with Crippen LogP contribution in [0, 0.1) is 6.92 Å². The maximum atomic E-state index is 12.3. The average molecular weight is 360 g/mol. The fourth-order valence-corrected chi connectivity index (χ4v) is 3.93. The van der Waals surface area contributed by atoms with Crippen LogP contribution in [0.2, 0.25) is 0 Å². The Bertz CT molecular complexity index is 789. The molecule has 0 spiro atoms. The molecule has 0 saturated carbocycles. The Labute approximate surface area is 148 Å². The fraction of sp³-hybridized carbons (Fsp3) is 0.250. The Hall–Kier alpha value is -2.19. The molecule has 1 aromatic heterocycles. The van der Waals surface area contributed by atoms with Gasteiger partial charge < -0.3 is 5.32 Å². The molecule has 1 N–H and O–H groups in total. The number of benzene rings is 1. The molecule has 1 aliphatic rings. The molecule has 1 aromatic carbocycles. The number of anilines is 1. The maximum Gasteiger partial charge on any atom is 0.242 e. The minimum Gasteiger partial charge on any atom is -0.326 e. The van der Waals surface area contributed by atoms with Crippen LogP contribution in [0.3, 0.4) is 0 Å². The van der Waals surface area contributed by atoms with E-state index < -0.39 is 5.25 Å². The summed E-state index contributed by atoms with van der Waals surface area (Å²) < 4.78 is 0. The van der Waals surface area contributed by atoms with E-state index in [1.165, 1.54) is 28.0 Å². The number of para-hydroxylation sites is 1. The highest BCUT2D eigenvalue weighted by atomic mass is 32.2. The van der Waals surface area contributed by atoms with Gasteiger partial charge in [0.05, 0.1) is 0 Å². The molecule has 1 fully saturated rings. The van der Waals surface area contributed by atoms with E-state index in [9.17, 15) is 9.59 Å². The quantitative estimate of drug-likeness (QED) is 0.909. The Morgan fingerprint density at radius 3 is 2.92 bits per heavy atom. The number of hydrogen-bond donors (Lipinski definition) is 1. The van der Waals surface area contributed by atoms with Crippen molar-refractivity contribution < 1.29 is 9.59 Å². The van der Waals surface area contributed by atoms with Crippen molar-refractivity contribution in [2.24, 2.45) is 4.99 Å². The molecular formula is C16H16N4O2S2. The summed E-state index contributed by atoms with van der Waals surface area (Å²) in [7, 11) is 1.67. The first-order chi connectivity index (χ1) is 11.5. The molecule has 2 heterocycles. The third-order valence-corrected chi connectivity index (χ3v) is 5.44. The van der Waals surface area contributed by atoms with Crippen LogP contribution in [0.4, 0.5) is 10.8 Å². The molecule has 6 nitrogen and oxygen atoms in total. The monoisotopic (exact) mass is 360 g/mol. The number of thiazole rings is 1. The lowest BCUT2D eigenvalue weighted by molar-refractivity contribution is -0.127. The summed E-state index contributed by atoms with van der Waals surface area (Å²) in [5, 5.41) is 5.40. The summed E-state index contributed by atoms with van der Waals surface area (Å²) in [6, 6.07) is 7.55. The van der Waals surface area contributed by atoms with Crippen molar-refractivity contribution in [3.05, 3.63) is 41.4 Å². The smallest absolute Gasteiger partial charge is 0.242 e. The van der Waals surface area contributed by atoms with E-state index in [0.29, 0.717) is 10.3 Å². The number of aryl methyl sites for hydroxylation is 1. The molecule has 1 aliphatic heterocycles. The normalized spacial score (nSPS) is 19.1. The van der Waals surface area contributed by atoms with Crippen molar-refractivity contribution in [3.8, 4) is 0 Å². The number of nitrogens with one attached hydrogen (secondary N) is 1. The summed E-state index contributed by atoms with van der Waals surface area (Å²) in [4.78, 5) is 34.5. The fourth-order valence-electron chi connectivity index (χ4n) is 2.23. The molecule has 1 atom stereocenters. The van der Waals surface area contributed by atoms with Gasteiger partial charge in [-0.05, 0) is 18.6 Å². The number of thioether (sulfide) groups is 1. The number of amidine groups is 1. The molecule has 2 aromatic rings. The largest absolute Gasteiger partial charge is 0.326 e. The molecule has 2 amide bonds. The number of aromatic nitrogens is 1. The van der Waals surface area contributed by atoms with Crippen LogP contribution in [-0.4, -0.2) is 39.2 Å². The number of hydrogen-bond acceptors (Lipinski definition) is 6. The second kappa shape index (κ2) is 7.14. The van der Waals surface area contributed by atoms with E-state index >= 15 is 0 Å². The number of carbonyl (C=O) groups excluding carboxylic acids is 2. The SMILES string of the molecule is Cc1ccccc1NC(=O)C[C@@H]1SC(=Nc2nccs2)N(C)C1=O. The number of aliphatic imine (C=N–C) groups is 1. The summed E-state index contributed by atoms with van der Waals surface area (Å²) in [5.74, 6) is -0.297. The van der Waals surface area contributed by atoms with Gasteiger partial charge in [0.1, 0.15) is 5.25 Å². The number of amides is 2. The minimum atomic E-state index is -0.460. The van der Waals surface area contributed by atoms with Gasteiger partial charge in [-0.1, -0.05) is 30.0 Å². The predicted octanol–water partition coefficient (Wildman–Crippen LogP) is 3.04. The Kier molecular flexibility index (Phi) is 4.96. The molecule has 1 saturated heterocycles. The van der Waals surface area contributed by atoms with Crippen LogP contribution in [0.1, 0.15) is 12.0 Å².